The lowest BCUT2D eigenvalue weighted by molar-refractivity contribution is 1.23. The fourth-order valence-electron chi connectivity index (χ4n) is 2.79. The van der Waals surface area contributed by atoms with Crippen molar-refractivity contribution in [3.8, 4) is 33.8 Å². The van der Waals surface area contributed by atoms with Gasteiger partial charge in [0.15, 0.2) is 0 Å². The van der Waals surface area contributed by atoms with Crippen molar-refractivity contribution in [2.45, 2.75) is 0 Å². The third kappa shape index (κ3) is 3.21. The molecular weight excluding hydrogens is 374 g/mol. The summed E-state index contributed by atoms with van der Waals surface area (Å²) in [5.74, 6) is 0. The van der Waals surface area contributed by atoms with Gasteiger partial charge in [0.1, 0.15) is 0 Å². The smallest absolute Gasteiger partial charge is 0.0980 e. The van der Waals surface area contributed by atoms with Crippen molar-refractivity contribution in [1.82, 2.24) is 15.0 Å². The Morgan fingerprint density at radius 3 is 1.96 bits per heavy atom. The normalized spacial score (nSPS) is 10.6. The third-order valence-electron chi connectivity index (χ3n) is 3.93. The highest BCUT2D eigenvalue weighted by Gasteiger charge is 2.14. The topological polar surface area (TPSA) is 38.7 Å². The van der Waals surface area contributed by atoms with E-state index in [-0.39, 0.29) is 0 Å². The zero-order valence-corrected chi connectivity index (χ0v) is 14.9. The van der Waals surface area contributed by atoms with Gasteiger partial charge in [-0.1, -0.05) is 40.2 Å². The number of aromatic nitrogens is 3. The number of hydrogen-bond donors (Lipinski definition) is 0. The Balaban J connectivity index is 1.91. The van der Waals surface area contributed by atoms with Crippen molar-refractivity contribution >= 4 is 15.9 Å². The molecule has 0 saturated heterocycles. The minimum atomic E-state index is 0.833. The van der Waals surface area contributed by atoms with Crippen molar-refractivity contribution in [2.75, 3.05) is 0 Å². The van der Waals surface area contributed by atoms with Crippen LogP contribution in [0.25, 0.3) is 33.8 Å². The van der Waals surface area contributed by atoms with Gasteiger partial charge >= 0.3 is 0 Å². The second-order valence-corrected chi connectivity index (χ2v) is 6.44. The molecule has 0 saturated carbocycles. The standard InChI is InChI=1S/C21H14BrN3/c22-16-10-8-15(9-11-16)17-5-3-13-24-20(17)18-6-4-14-25-21(18)19-7-1-2-12-23-19/h1-14H. The summed E-state index contributed by atoms with van der Waals surface area (Å²) in [6.07, 6.45) is 5.38. The summed E-state index contributed by atoms with van der Waals surface area (Å²) in [5.41, 5.74) is 5.73. The van der Waals surface area contributed by atoms with Gasteiger partial charge in [-0.2, -0.15) is 0 Å². The number of halogens is 1. The molecule has 0 radical (unpaired) electrons. The lowest BCUT2D eigenvalue weighted by atomic mass is 9.97. The maximum absolute atomic E-state index is 4.65. The number of hydrogen-bond acceptors (Lipinski definition) is 3. The number of nitrogens with zero attached hydrogens (tertiary/aromatic N) is 3. The highest BCUT2D eigenvalue weighted by Crippen LogP contribution is 2.35. The number of rotatable bonds is 3. The number of pyridine rings is 3. The molecule has 0 bridgehead atoms. The summed E-state index contributed by atoms with van der Waals surface area (Å²) < 4.78 is 1.05. The first-order chi connectivity index (χ1) is 12.3. The summed E-state index contributed by atoms with van der Waals surface area (Å²) in [6.45, 7) is 0. The Labute approximate surface area is 154 Å². The maximum Gasteiger partial charge on any atom is 0.0980 e. The Morgan fingerprint density at radius 2 is 1.24 bits per heavy atom. The molecule has 0 atom stereocenters. The van der Waals surface area contributed by atoms with Gasteiger partial charge in [-0.25, -0.2) is 0 Å². The third-order valence-corrected chi connectivity index (χ3v) is 4.46. The molecule has 25 heavy (non-hydrogen) atoms. The first-order valence-corrected chi connectivity index (χ1v) is 8.70. The lowest BCUT2D eigenvalue weighted by Crippen LogP contribution is -1.95. The molecule has 4 aromatic rings. The van der Waals surface area contributed by atoms with E-state index in [4.69, 9.17) is 0 Å². The van der Waals surface area contributed by atoms with E-state index in [9.17, 15) is 0 Å². The van der Waals surface area contributed by atoms with Crippen LogP contribution in [-0.4, -0.2) is 15.0 Å². The van der Waals surface area contributed by atoms with Gasteiger partial charge in [-0.3, -0.25) is 15.0 Å². The second-order valence-electron chi connectivity index (χ2n) is 5.52. The molecule has 0 N–H and O–H groups in total. The van der Waals surface area contributed by atoms with Crippen LogP contribution in [0.4, 0.5) is 0 Å². The summed E-state index contributed by atoms with van der Waals surface area (Å²) in [4.78, 5) is 13.7. The van der Waals surface area contributed by atoms with E-state index < -0.39 is 0 Å². The zero-order chi connectivity index (χ0) is 17.1. The molecule has 4 rings (SSSR count). The van der Waals surface area contributed by atoms with Crippen LogP contribution >= 0.6 is 15.9 Å². The SMILES string of the molecule is Brc1ccc(-c2cccnc2-c2cccnc2-c2ccccn2)cc1. The molecular formula is C21H14BrN3. The molecule has 0 spiro atoms. The van der Waals surface area contributed by atoms with Crippen LogP contribution in [0.5, 0.6) is 0 Å². The molecule has 0 amide bonds. The summed E-state index contributed by atoms with van der Waals surface area (Å²) in [7, 11) is 0. The molecule has 0 aliphatic rings. The van der Waals surface area contributed by atoms with Crippen LogP contribution in [-0.2, 0) is 0 Å². The highest BCUT2D eigenvalue weighted by atomic mass is 79.9. The Morgan fingerprint density at radius 1 is 0.560 bits per heavy atom. The van der Waals surface area contributed by atoms with E-state index in [0.717, 1.165) is 38.2 Å². The van der Waals surface area contributed by atoms with Crippen molar-refractivity contribution < 1.29 is 0 Å². The van der Waals surface area contributed by atoms with Gasteiger partial charge in [0.25, 0.3) is 0 Å². The summed E-state index contributed by atoms with van der Waals surface area (Å²) in [6, 6.07) is 22.1. The van der Waals surface area contributed by atoms with Gasteiger partial charge in [-0.05, 0) is 48.0 Å². The molecule has 4 heteroatoms. The first-order valence-electron chi connectivity index (χ1n) is 7.91. The zero-order valence-electron chi connectivity index (χ0n) is 13.3. The predicted molar refractivity (Wildman–Crippen MR) is 104 cm³/mol. The predicted octanol–water partition coefficient (Wildman–Crippen LogP) is 5.64. The van der Waals surface area contributed by atoms with Gasteiger partial charge in [-0.15, -0.1) is 0 Å². The molecule has 0 aliphatic heterocycles. The second kappa shape index (κ2) is 6.95. The Kier molecular flexibility index (Phi) is 4.36. The monoisotopic (exact) mass is 387 g/mol. The van der Waals surface area contributed by atoms with Crippen LogP contribution in [0.15, 0.2) is 89.8 Å². The van der Waals surface area contributed by atoms with Gasteiger partial charge in [0.05, 0.1) is 17.1 Å². The quantitative estimate of drug-likeness (QED) is 0.456. The molecule has 0 aliphatic carbocycles. The molecule has 0 unspecified atom stereocenters. The van der Waals surface area contributed by atoms with E-state index in [1.165, 1.54) is 0 Å². The van der Waals surface area contributed by atoms with Gasteiger partial charge < -0.3 is 0 Å². The van der Waals surface area contributed by atoms with Crippen molar-refractivity contribution in [2.24, 2.45) is 0 Å². The van der Waals surface area contributed by atoms with Gasteiger partial charge in [0.2, 0.25) is 0 Å². The van der Waals surface area contributed by atoms with Crippen molar-refractivity contribution in [1.29, 1.82) is 0 Å². The molecule has 3 aromatic heterocycles. The summed E-state index contributed by atoms with van der Waals surface area (Å²) >= 11 is 3.49. The Bertz CT molecular complexity index is 999. The molecule has 1 aromatic carbocycles. The van der Waals surface area contributed by atoms with E-state index >= 15 is 0 Å². The first kappa shape index (κ1) is 15.7. The van der Waals surface area contributed by atoms with E-state index in [2.05, 4.69) is 49.1 Å². The molecule has 3 nitrogen and oxygen atoms in total. The summed E-state index contributed by atoms with van der Waals surface area (Å²) in [5, 5.41) is 0. The molecule has 120 valence electrons. The van der Waals surface area contributed by atoms with Crippen molar-refractivity contribution in [3.63, 3.8) is 0 Å². The van der Waals surface area contributed by atoms with E-state index in [1.807, 2.05) is 54.7 Å². The van der Waals surface area contributed by atoms with Gasteiger partial charge in [0, 0.05) is 34.2 Å². The van der Waals surface area contributed by atoms with Crippen LogP contribution in [0.1, 0.15) is 0 Å². The maximum atomic E-state index is 4.65. The highest BCUT2D eigenvalue weighted by molar-refractivity contribution is 9.10. The van der Waals surface area contributed by atoms with E-state index in [0.29, 0.717) is 0 Å². The fraction of sp³-hybridized carbons (Fsp3) is 0. The van der Waals surface area contributed by atoms with Crippen LogP contribution in [0.2, 0.25) is 0 Å². The lowest BCUT2D eigenvalue weighted by Gasteiger charge is -2.12. The van der Waals surface area contributed by atoms with Crippen LogP contribution in [0.3, 0.4) is 0 Å². The van der Waals surface area contributed by atoms with E-state index in [1.54, 1.807) is 12.4 Å². The molecule has 3 heterocycles. The fourth-order valence-corrected chi connectivity index (χ4v) is 3.05. The minimum Gasteiger partial charge on any atom is -0.256 e. The minimum absolute atomic E-state index is 0.833. The Hall–Kier alpha value is -2.85. The van der Waals surface area contributed by atoms with Crippen LogP contribution < -0.4 is 0 Å². The number of benzene rings is 1. The van der Waals surface area contributed by atoms with Crippen LogP contribution in [0, 0.1) is 0 Å². The molecule has 0 fully saturated rings. The average molecular weight is 388 g/mol. The average Bonchev–Trinajstić information content (AvgIpc) is 2.69. The van der Waals surface area contributed by atoms with Crippen molar-refractivity contribution in [3.05, 3.63) is 89.8 Å². The largest absolute Gasteiger partial charge is 0.256 e.